The number of hydrogen-bond donors (Lipinski definition) is 0. The van der Waals surface area contributed by atoms with Crippen molar-refractivity contribution >= 4 is 39.6 Å². The van der Waals surface area contributed by atoms with E-state index < -0.39 is 0 Å². The fourth-order valence-electron chi connectivity index (χ4n) is 2.09. The second-order valence-corrected chi connectivity index (χ2v) is 5.74. The molecule has 0 N–H and O–H groups in total. The van der Waals surface area contributed by atoms with Gasteiger partial charge in [-0.25, -0.2) is 9.97 Å². The predicted molar refractivity (Wildman–Crippen MR) is 84.7 cm³/mol. The molecular formula is C15H12ClN3OS. The lowest BCUT2D eigenvalue weighted by Crippen LogP contribution is -2.27. The molecule has 0 saturated heterocycles. The number of nitrogens with zero attached hydrogens (tertiary/aromatic N) is 3. The van der Waals surface area contributed by atoms with Crippen molar-refractivity contribution in [2.45, 2.75) is 6.54 Å². The van der Waals surface area contributed by atoms with Gasteiger partial charge in [0.25, 0.3) is 5.91 Å². The van der Waals surface area contributed by atoms with Crippen molar-refractivity contribution in [3.63, 3.8) is 0 Å². The SMILES string of the molecule is CN(Cc1cscn1)C(=O)c1cc2ccccc2c(Cl)n1. The highest BCUT2D eigenvalue weighted by Gasteiger charge is 2.16. The van der Waals surface area contributed by atoms with Crippen LogP contribution in [-0.2, 0) is 6.54 Å². The Balaban J connectivity index is 1.90. The van der Waals surface area contributed by atoms with Crippen molar-refractivity contribution < 1.29 is 4.79 Å². The molecule has 4 nitrogen and oxygen atoms in total. The number of rotatable bonds is 3. The number of fused-ring (bicyclic) bond motifs is 1. The number of amides is 1. The molecule has 2 aromatic heterocycles. The van der Waals surface area contributed by atoms with Crippen LogP contribution >= 0.6 is 22.9 Å². The van der Waals surface area contributed by atoms with Crippen molar-refractivity contribution in [1.82, 2.24) is 14.9 Å². The number of hydrogen-bond acceptors (Lipinski definition) is 4. The quantitative estimate of drug-likeness (QED) is 0.693. The minimum absolute atomic E-state index is 0.171. The third-order valence-corrected chi connectivity index (χ3v) is 4.07. The number of carbonyl (C=O) groups excluding carboxylic acids is 1. The van der Waals surface area contributed by atoms with Crippen molar-refractivity contribution in [1.29, 1.82) is 0 Å². The predicted octanol–water partition coefficient (Wildman–Crippen LogP) is 3.62. The van der Waals surface area contributed by atoms with Crippen LogP contribution in [-0.4, -0.2) is 27.8 Å². The van der Waals surface area contributed by atoms with Gasteiger partial charge in [-0.05, 0) is 11.5 Å². The summed E-state index contributed by atoms with van der Waals surface area (Å²) in [5, 5.41) is 4.02. The Bertz CT molecular complexity index is 789. The molecule has 2 heterocycles. The zero-order chi connectivity index (χ0) is 14.8. The second kappa shape index (κ2) is 5.79. The van der Waals surface area contributed by atoms with Crippen molar-refractivity contribution in [3.05, 3.63) is 57.8 Å². The molecule has 3 aromatic rings. The van der Waals surface area contributed by atoms with E-state index in [9.17, 15) is 4.79 Å². The Hall–Kier alpha value is -1.98. The Labute approximate surface area is 131 Å². The van der Waals surface area contributed by atoms with E-state index in [2.05, 4.69) is 9.97 Å². The molecule has 106 valence electrons. The van der Waals surface area contributed by atoms with Crippen LogP contribution in [0.3, 0.4) is 0 Å². The van der Waals surface area contributed by atoms with Gasteiger partial charge in [0.05, 0.1) is 17.7 Å². The first-order valence-electron chi connectivity index (χ1n) is 6.33. The summed E-state index contributed by atoms with van der Waals surface area (Å²) in [6, 6.07) is 9.37. The van der Waals surface area contributed by atoms with Crippen LogP contribution in [0.2, 0.25) is 5.15 Å². The Kier molecular flexibility index (Phi) is 3.86. The Morgan fingerprint density at radius 2 is 2.19 bits per heavy atom. The summed E-state index contributed by atoms with van der Waals surface area (Å²) in [7, 11) is 1.73. The molecule has 0 aliphatic rings. The van der Waals surface area contributed by atoms with Gasteiger partial charge < -0.3 is 4.90 Å². The van der Waals surface area contributed by atoms with E-state index in [0.717, 1.165) is 16.5 Å². The number of benzene rings is 1. The van der Waals surface area contributed by atoms with Gasteiger partial charge >= 0.3 is 0 Å². The van der Waals surface area contributed by atoms with Gasteiger partial charge in [0.1, 0.15) is 10.8 Å². The highest BCUT2D eigenvalue weighted by Crippen LogP contribution is 2.23. The summed E-state index contributed by atoms with van der Waals surface area (Å²) in [6.07, 6.45) is 0. The molecule has 0 saturated carbocycles. The minimum atomic E-state index is -0.171. The molecule has 0 bridgehead atoms. The van der Waals surface area contributed by atoms with Crippen LogP contribution in [0.4, 0.5) is 0 Å². The highest BCUT2D eigenvalue weighted by atomic mass is 35.5. The standard InChI is InChI=1S/C15H12ClN3OS/c1-19(7-11-8-21-9-17-11)15(20)13-6-10-4-2-3-5-12(10)14(16)18-13/h2-6,8-9H,7H2,1H3. The number of carbonyl (C=O) groups is 1. The fourth-order valence-corrected chi connectivity index (χ4v) is 2.90. The van der Waals surface area contributed by atoms with Crippen LogP contribution in [0.5, 0.6) is 0 Å². The zero-order valence-electron chi connectivity index (χ0n) is 11.3. The third kappa shape index (κ3) is 2.89. The van der Waals surface area contributed by atoms with Gasteiger partial charge in [-0.1, -0.05) is 35.9 Å². The summed E-state index contributed by atoms with van der Waals surface area (Å²) < 4.78 is 0. The van der Waals surface area contributed by atoms with Crippen molar-refractivity contribution in [2.75, 3.05) is 7.05 Å². The van der Waals surface area contributed by atoms with Crippen LogP contribution in [0, 0.1) is 0 Å². The first-order valence-corrected chi connectivity index (χ1v) is 7.65. The average Bonchev–Trinajstić information content (AvgIpc) is 2.99. The Morgan fingerprint density at radius 3 is 2.95 bits per heavy atom. The molecule has 6 heteroatoms. The molecule has 1 aromatic carbocycles. The molecule has 0 spiro atoms. The van der Waals surface area contributed by atoms with Crippen LogP contribution < -0.4 is 0 Å². The van der Waals surface area contributed by atoms with Crippen molar-refractivity contribution in [2.24, 2.45) is 0 Å². The summed E-state index contributed by atoms with van der Waals surface area (Å²) in [5.74, 6) is -0.171. The molecule has 0 unspecified atom stereocenters. The molecule has 3 rings (SSSR count). The summed E-state index contributed by atoms with van der Waals surface area (Å²) in [5.41, 5.74) is 2.96. The maximum atomic E-state index is 12.4. The minimum Gasteiger partial charge on any atom is -0.334 e. The number of thiazole rings is 1. The maximum Gasteiger partial charge on any atom is 0.272 e. The first-order chi connectivity index (χ1) is 10.1. The molecule has 1 amide bonds. The van der Waals surface area contributed by atoms with Gasteiger partial charge in [0, 0.05) is 17.8 Å². The lowest BCUT2D eigenvalue weighted by Gasteiger charge is -2.16. The third-order valence-electron chi connectivity index (χ3n) is 3.14. The number of aromatic nitrogens is 2. The van der Waals surface area contributed by atoms with E-state index in [1.54, 1.807) is 23.5 Å². The molecule has 0 atom stereocenters. The van der Waals surface area contributed by atoms with Crippen LogP contribution in [0.1, 0.15) is 16.2 Å². The second-order valence-electron chi connectivity index (χ2n) is 4.66. The van der Waals surface area contributed by atoms with Gasteiger partial charge in [-0.15, -0.1) is 11.3 Å². The first kappa shape index (κ1) is 14.0. The highest BCUT2D eigenvalue weighted by molar-refractivity contribution is 7.07. The van der Waals surface area contributed by atoms with Crippen molar-refractivity contribution in [3.8, 4) is 0 Å². The molecule has 0 fully saturated rings. The van der Waals surface area contributed by atoms with E-state index in [4.69, 9.17) is 11.6 Å². The summed E-state index contributed by atoms with van der Waals surface area (Å²) in [4.78, 5) is 22.4. The van der Waals surface area contributed by atoms with Gasteiger partial charge in [0.15, 0.2) is 0 Å². The zero-order valence-corrected chi connectivity index (χ0v) is 12.9. The van der Waals surface area contributed by atoms with Crippen LogP contribution in [0.15, 0.2) is 41.2 Å². The lowest BCUT2D eigenvalue weighted by molar-refractivity contribution is 0.0778. The topological polar surface area (TPSA) is 46.1 Å². The lowest BCUT2D eigenvalue weighted by atomic mass is 10.1. The van der Waals surface area contributed by atoms with E-state index in [1.807, 2.05) is 29.6 Å². The van der Waals surface area contributed by atoms with Gasteiger partial charge in [-0.2, -0.15) is 0 Å². The molecule has 0 aliphatic carbocycles. The number of halogens is 1. The Morgan fingerprint density at radius 1 is 1.38 bits per heavy atom. The van der Waals surface area contributed by atoms with E-state index in [-0.39, 0.29) is 5.91 Å². The molecule has 0 radical (unpaired) electrons. The fraction of sp³-hybridized carbons (Fsp3) is 0.133. The monoisotopic (exact) mass is 317 g/mol. The largest absolute Gasteiger partial charge is 0.334 e. The summed E-state index contributed by atoms with van der Waals surface area (Å²) in [6.45, 7) is 0.453. The average molecular weight is 318 g/mol. The van der Waals surface area contributed by atoms with E-state index in [0.29, 0.717) is 17.4 Å². The van der Waals surface area contributed by atoms with E-state index >= 15 is 0 Å². The maximum absolute atomic E-state index is 12.4. The normalized spacial score (nSPS) is 10.8. The van der Waals surface area contributed by atoms with Gasteiger partial charge in [0.2, 0.25) is 0 Å². The van der Waals surface area contributed by atoms with Crippen LogP contribution in [0.25, 0.3) is 10.8 Å². The molecular weight excluding hydrogens is 306 g/mol. The van der Waals surface area contributed by atoms with E-state index in [1.165, 1.54) is 11.3 Å². The molecule has 21 heavy (non-hydrogen) atoms. The smallest absolute Gasteiger partial charge is 0.272 e. The number of pyridine rings is 1. The van der Waals surface area contributed by atoms with Gasteiger partial charge in [-0.3, -0.25) is 4.79 Å². The summed E-state index contributed by atoms with van der Waals surface area (Å²) >= 11 is 7.67. The molecule has 0 aliphatic heterocycles.